The Labute approximate surface area is 115 Å². The molecule has 0 bridgehead atoms. The molecule has 0 fully saturated rings. The van der Waals surface area contributed by atoms with Crippen LogP contribution >= 0.6 is 0 Å². The zero-order valence-electron chi connectivity index (χ0n) is 12.5. The first-order valence-corrected chi connectivity index (χ1v) is 7.86. The Balaban J connectivity index is 3.20. The Morgan fingerprint density at radius 3 is 1.56 bits per heavy atom. The van der Waals surface area contributed by atoms with E-state index in [1.165, 1.54) is 57.8 Å². The average molecular weight is 248 g/mol. The predicted octanol–water partition coefficient (Wildman–Crippen LogP) is 6.60. The molecule has 0 atom stereocenters. The minimum Gasteiger partial charge on any atom is -0.0888 e. The van der Waals surface area contributed by atoms with E-state index in [0.29, 0.717) is 0 Å². The summed E-state index contributed by atoms with van der Waals surface area (Å²) in [4.78, 5) is 0. The molecule has 0 spiro atoms. The zero-order valence-corrected chi connectivity index (χ0v) is 12.5. The Hall–Kier alpha value is -0.780. The largest absolute Gasteiger partial charge is 0.0888 e. The lowest BCUT2D eigenvalue weighted by Crippen LogP contribution is -1.73. The van der Waals surface area contributed by atoms with Crippen LogP contribution in [0.4, 0.5) is 0 Å². The standard InChI is InChI=1S/C18H32/c1-3-5-7-9-11-13-15-17-18-16-14-12-10-8-6-4-2/h5,7,12,14,17-18H,3-4,6,8-11,13,15-16H2,1-2H3/b7-5+,14-12+,18-17+. The summed E-state index contributed by atoms with van der Waals surface area (Å²) in [5, 5.41) is 0. The van der Waals surface area contributed by atoms with Gasteiger partial charge in [0.1, 0.15) is 0 Å². The first-order valence-electron chi connectivity index (χ1n) is 7.86. The summed E-state index contributed by atoms with van der Waals surface area (Å²) in [6.07, 6.45) is 26.6. The highest BCUT2D eigenvalue weighted by Gasteiger charge is 1.83. The molecule has 0 heterocycles. The first kappa shape index (κ1) is 17.2. The second kappa shape index (κ2) is 16.2. The third kappa shape index (κ3) is 15.2. The Morgan fingerprint density at radius 2 is 1.06 bits per heavy atom. The van der Waals surface area contributed by atoms with Crippen molar-refractivity contribution >= 4 is 0 Å². The Morgan fingerprint density at radius 1 is 0.556 bits per heavy atom. The van der Waals surface area contributed by atoms with Gasteiger partial charge in [0, 0.05) is 0 Å². The van der Waals surface area contributed by atoms with E-state index < -0.39 is 0 Å². The van der Waals surface area contributed by atoms with Gasteiger partial charge in [-0.2, -0.15) is 0 Å². The summed E-state index contributed by atoms with van der Waals surface area (Å²) < 4.78 is 0. The molecular weight excluding hydrogens is 216 g/mol. The van der Waals surface area contributed by atoms with E-state index in [9.17, 15) is 0 Å². The third-order valence-corrected chi connectivity index (χ3v) is 2.97. The monoisotopic (exact) mass is 248 g/mol. The van der Waals surface area contributed by atoms with Crippen molar-refractivity contribution in [3.8, 4) is 0 Å². The fraction of sp³-hybridized carbons (Fsp3) is 0.667. The van der Waals surface area contributed by atoms with Gasteiger partial charge in [0.25, 0.3) is 0 Å². The van der Waals surface area contributed by atoms with Gasteiger partial charge >= 0.3 is 0 Å². The average Bonchev–Trinajstić information content (AvgIpc) is 2.39. The van der Waals surface area contributed by atoms with Gasteiger partial charge in [-0.3, -0.25) is 0 Å². The highest BCUT2D eigenvalue weighted by Crippen LogP contribution is 2.03. The van der Waals surface area contributed by atoms with Crippen molar-refractivity contribution in [3.05, 3.63) is 36.5 Å². The first-order chi connectivity index (χ1) is 8.91. The summed E-state index contributed by atoms with van der Waals surface area (Å²) in [6.45, 7) is 4.44. The molecule has 18 heavy (non-hydrogen) atoms. The minimum atomic E-state index is 1.11. The summed E-state index contributed by atoms with van der Waals surface area (Å²) in [6, 6.07) is 0. The molecule has 0 aromatic carbocycles. The van der Waals surface area contributed by atoms with Crippen LogP contribution in [-0.2, 0) is 0 Å². The molecule has 0 aliphatic heterocycles. The van der Waals surface area contributed by atoms with E-state index >= 15 is 0 Å². The minimum absolute atomic E-state index is 1.11. The Bertz CT molecular complexity index is 220. The van der Waals surface area contributed by atoms with Gasteiger partial charge in [-0.15, -0.1) is 0 Å². The van der Waals surface area contributed by atoms with Crippen LogP contribution in [0.1, 0.15) is 78.1 Å². The quantitative estimate of drug-likeness (QED) is 0.270. The number of rotatable bonds is 12. The molecule has 0 aliphatic carbocycles. The molecule has 0 unspecified atom stereocenters. The lowest BCUT2D eigenvalue weighted by atomic mass is 10.1. The second-order valence-electron chi connectivity index (χ2n) is 4.84. The fourth-order valence-corrected chi connectivity index (χ4v) is 1.83. The lowest BCUT2D eigenvalue weighted by Gasteiger charge is -1.93. The molecule has 0 nitrogen and oxygen atoms in total. The van der Waals surface area contributed by atoms with Gasteiger partial charge in [0.2, 0.25) is 0 Å². The van der Waals surface area contributed by atoms with Gasteiger partial charge in [-0.05, 0) is 51.4 Å². The van der Waals surface area contributed by atoms with Crippen LogP contribution in [0.3, 0.4) is 0 Å². The lowest BCUT2D eigenvalue weighted by molar-refractivity contribution is 0.728. The molecule has 0 N–H and O–H groups in total. The summed E-state index contributed by atoms with van der Waals surface area (Å²) in [5.41, 5.74) is 0. The summed E-state index contributed by atoms with van der Waals surface area (Å²) >= 11 is 0. The van der Waals surface area contributed by atoms with Gasteiger partial charge in [0.05, 0.1) is 0 Å². The van der Waals surface area contributed by atoms with E-state index in [1.807, 2.05) is 0 Å². The molecular formula is C18H32. The van der Waals surface area contributed by atoms with Gasteiger partial charge in [0.15, 0.2) is 0 Å². The van der Waals surface area contributed by atoms with Crippen LogP contribution in [-0.4, -0.2) is 0 Å². The van der Waals surface area contributed by atoms with Crippen molar-refractivity contribution in [1.82, 2.24) is 0 Å². The SMILES string of the molecule is CC/C=C/CCCC/C=C/C/C=C/CCCCC. The maximum absolute atomic E-state index is 2.33. The molecule has 0 saturated carbocycles. The van der Waals surface area contributed by atoms with Gasteiger partial charge in [-0.1, -0.05) is 63.1 Å². The summed E-state index contributed by atoms with van der Waals surface area (Å²) in [7, 11) is 0. The second-order valence-corrected chi connectivity index (χ2v) is 4.84. The van der Waals surface area contributed by atoms with Crippen molar-refractivity contribution < 1.29 is 0 Å². The molecule has 0 aliphatic rings. The normalized spacial score (nSPS) is 12.3. The van der Waals surface area contributed by atoms with Crippen molar-refractivity contribution in [2.45, 2.75) is 78.1 Å². The number of hydrogen-bond donors (Lipinski definition) is 0. The van der Waals surface area contributed by atoms with Crippen molar-refractivity contribution in [2.24, 2.45) is 0 Å². The third-order valence-electron chi connectivity index (χ3n) is 2.97. The number of allylic oxidation sites excluding steroid dienone is 6. The van der Waals surface area contributed by atoms with Gasteiger partial charge < -0.3 is 0 Å². The Kier molecular flexibility index (Phi) is 15.5. The molecule has 0 heteroatoms. The van der Waals surface area contributed by atoms with Crippen LogP contribution in [0.15, 0.2) is 36.5 Å². The van der Waals surface area contributed by atoms with E-state index in [0.717, 1.165) is 6.42 Å². The molecule has 0 amide bonds. The van der Waals surface area contributed by atoms with Crippen LogP contribution in [0.5, 0.6) is 0 Å². The maximum atomic E-state index is 2.33. The highest BCUT2D eigenvalue weighted by molar-refractivity contribution is 4.92. The molecule has 0 saturated heterocycles. The zero-order chi connectivity index (χ0) is 13.3. The topological polar surface area (TPSA) is 0 Å². The highest BCUT2D eigenvalue weighted by atomic mass is 13.9. The van der Waals surface area contributed by atoms with E-state index in [2.05, 4.69) is 50.3 Å². The van der Waals surface area contributed by atoms with Crippen LogP contribution in [0.2, 0.25) is 0 Å². The molecule has 0 radical (unpaired) electrons. The molecule has 104 valence electrons. The van der Waals surface area contributed by atoms with Crippen LogP contribution < -0.4 is 0 Å². The van der Waals surface area contributed by atoms with Crippen molar-refractivity contribution in [3.63, 3.8) is 0 Å². The summed E-state index contributed by atoms with van der Waals surface area (Å²) in [5.74, 6) is 0. The maximum Gasteiger partial charge on any atom is -0.0169 e. The van der Waals surface area contributed by atoms with Crippen molar-refractivity contribution in [1.29, 1.82) is 0 Å². The van der Waals surface area contributed by atoms with Crippen LogP contribution in [0.25, 0.3) is 0 Å². The number of unbranched alkanes of at least 4 members (excludes halogenated alkanes) is 6. The smallest absolute Gasteiger partial charge is 0.0169 e. The van der Waals surface area contributed by atoms with E-state index in [1.54, 1.807) is 0 Å². The molecule has 0 aromatic heterocycles. The van der Waals surface area contributed by atoms with Gasteiger partial charge in [-0.25, -0.2) is 0 Å². The predicted molar refractivity (Wildman–Crippen MR) is 84.9 cm³/mol. The molecule has 0 rings (SSSR count). The fourth-order valence-electron chi connectivity index (χ4n) is 1.83. The van der Waals surface area contributed by atoms with Crippen molar-refractivity contribution in [2.75, 3.05) is 0 Å². The van der Waals surface area contributed by atoms with E-state index in [-0.39, 0.29) is 0 Å². The van der Waals surface area contributed by atoms with Crippen LogP contribution in [0, 0.1) is 0 Å². The molecule has 0 aromatic rings. The van der Waals surface area contributed by atoms with E-state index in [4.69, 9.17) is 0 Å². The number of hydrogen-bond acceptors (Lipinski definition) is 0.